The topological polar surface area (TPSA) is 123 Å². The van der Waals surface area contributed by atoms with Crippen LogP contribution < -0.4 is 0 Å². The van der Waals surface area contributed by atoms with E-state index >= 15 is 0 Å². The predicted octanol–water partition coefficient (Wildman–Crippen LogP) is 6.72. The smallest absolute Gasteiger partial charge is 0.481 e. The number of hydrogen-bond acceptors (Lipinski definition) is 5. The van der Waals surface area contributed by atoms with E-state index in [2.05, 4.69) is 54.8 Å². The molecule has 1 unspecified atom stereocenters. The lowest BCUT2D eigenvalue weighted by Gasteiger charge is -2.16. The molecule has 0 radical (unpaired) electrons. The lowest BCUT2D eigenvalue weighted by atomic mass is 10.0. The Balaban J connectivity index is 4.68. The molecule has 0 aliphatic heterocycles. The van der Waals surface area contributed by atoms with Gasteiger partial charge in [-0.25, -0.2) is 9.13 Å². The van der Waals surface area contributed by atoms with Crippen LogP contribution in [0.4, 0.5) is 0 Å². The first-order chi connectivity index (χ1) is 14.8. The van der Waals surface area contributed by atoms with Crippen LogP contribution in [0.5, 0.6) is 0 Å². The fourth-order valence-electron chi connectivity index (χ4n) is 2.77. The van der Waals surface area contributed by atoms with Crippen LogP contribution in [0.2, 0.25) is 0 Å². The first-order valence-electron chi connectivity index (χ1n) is 10.8. The van der Waals surface area contributed by atoms with Gasteiger partial charge in [0.05, 0.1) is 6.61 Å². The van der Waals surface area contributed by atoms with E-state index in [1.807, 2.05) is 6.92 Å². The molecular weight excluding hydrogens is 454 g/mol. The van der Waals surface area contributed by atoms with Crippen molar-refractivity contribution < 1.29 is 37.4 Å². The maximum Gasteiger partial charge on any atom is 0.481 e. The summed E-state index contributed by atoms with van der Waals surface area (Å²) in [6, 6.07) is 0. The summed E-state index contributed by atoms with van der Waals surface area (Å²) in [6.07, 6.45) is 12.3. The molecule has 0 saturated carbocycles. The molecule has 0 aliphatic rings. The predicted molar refractivity (Wildman–Crippen MR) is 128 cm³/mol. The minimum Gasteiger partial charge on any atom is -0.496 e. The summed E-state index contributed by atoms with van der Waals surface area (Å²) in [5.74, 6) is 0.345. The Labute approximate surface area is 192 Å². The zero-order valence-electron chi connectivity index (χ0n) is 20.2. The summed E-state index contributed by atoms with van der Waals surface area (Å²) < 4.78 is 36.3. The molecule has 186 valence electrons. The van der Waals surface area contributed by atoms with Gasteiger partial charge in [0.25, 0.3) is 0 Å². The normalized spacial score (nSPS) is 15.8. The highest BCUT2D eigenvalue weighted by Gasteiger charge is 2.32. The van der Waals surface area contributed by atoms with Gasteiger partial charge in [0.2, 0.25) is 0 Å². The summed E-state index contributed by atoms with van der Waals surface area (Å²) in [5.41, 5.74) is 4.86. The van der Waals surface area contributed by atoms with Crippen LogP contribution in [0.15, 0.2) is 46.3 Å². The summed E-state index contributed by atoms with van der Waals surface area (Å²) >= 11 is 0. The molecule has 0 saturated heterocycles. The Morgan fingerprint density at radius 1 is 0.812 bits per heavy atom. The van der Waals surface area contributed by atoms with Gasteiger partial charge in [-0.3, -0.25) is 4.52 Å². The van der Waals surface area contributed by atoms with Crippen molar-refractivity contribution in [2.24, 2.45) is 0 Å². The van der Waals surface area contributed by atoms with Gasteiger partial charge in [-0.1, -0.05) is 34.9 Å². The molecule has 0 heterocycles. The summed E-state index contributed by atoms with van der Waals surface area (Å²) in [6.45, 7) is 12.0. The fourth-order valence-corrected chi connectivity index (χ4v) is 4.32. The van der Waals surface area contributed by atoms with Crippen LogP contribution in [0.3, 0.4) is 0 Å². The molecule has 0 bridgehead atoms. The molecule has 32 heavy (non-hydrogen) atoms. The van der Waals surface area contributed by atoms with Crippen molar-refractivity contribution in [1.29, 1.82) is 0 Å². The molecule has 8 nitrogen and oxygen atoms in total. The van der Waals surface area contributed by atoms with Crippen molar-refractivity contribution in [3.63, 3.8) is 0 Å². The second-order valence-corrected chi connectivity index (χ2v) is 10.8. The monoisotopic (exact) mass is 494 g/mol. The van der Waals surface area contributed by atoms with E-state index in [4.69, 9.17) is 14.5 Å². The van der Waals surface area contributed by atoms with Crippen molar-refractivity contribution in [3.05, 3.63) is 46.3 Å². The van der Waals surface area contributed by atoms with Gasteiger partial charge in [0.1, 0.15) is 12.4 Å². The molecule has 0 aromatic rings. The molecule has 0 aromatic heterocycles. The third-order valence-corrected chi connectivity index (χ3v) is 6.63. The Bertz CT molecular complexity index is 786. The molecule has 0 amide bonds. The molecule has 10 heteroatoms. The minimum atomic E-state index is -5.15. The molecule has 0 aliphatic carbocycles. The van der Waals surface area contributed by atoms with Gasteiger partial charge in [0.15, 0.2) is 0 Å². The van der Waals surface area contributed by atoms with Crippen molar-refractivity contribution in [2.45, 2.75) is 80.1 Å². The van der Waals surface area contributed by atoms with Gasteiger partial charge in [-0.15, -0.1) is 0 Å². The fraction of sp³-hybridized carbons (Fsp3) is 0.636. The van der Waals surface area contributed by atoms with E-state index in [1.165, 1.54) is 16.7 Å². The molecule has 3 N–H and O–H groups in total. The van der Waals surface area contributed by atoms with E-state index in [9.17, 15) is 14.0 Å². The zero-order chi connectivity index (χ0) is 24.8. The number of ether oxygens (including phenoxy) is 1. The Hall–Kier alpha value is -0.980. The van der Waals surface area contributed by atoms with E-state index in [0.717, 1.165) is 37.7 Å². The van der Waals surface area contributed by atoms with Crippen molar-refractivity contribution in [3.8, 4) is 0 Å². The van der Waals surface area contributed by atoms with Crippen LogP contribution in [0.25, 0.3) is 0 Å². The molecular formula is C22H40O8P2. The van der Waals surface area contributed by atoms with Crippen molar-refractivity contribution in [2.75, 3.05) is 13.2 Å². The molecule has 0 aromatic carbocycles. The van der Waals surface area contributed by atoms with Gasteiger partial charge in [0, 0.05) is 0 Å². The standard InChI is InChI=1S/C22H40O8P2/c1-7-28-22(17-29-32(26,27)30-31(23,24)25)21(6)16-10-15-20(5)14-9-13-19(4)12-8-11-18(2)3/h11,13,15H,7-10,12,14,16-17H2,1-6H3,(H,26,27)(H2,23,24,25)/b19-13+,20-15+,22-21?. The Morgan fingerprint density at radius 2 is 1.31 bits per heavy atom. The first-order valence-corrected chi connectivity index (χ1v) is 13.8. The summed E-state index contributed by atoms with van der Waals surface area (Å²) in [5, 5.41) is 0. The first kappa shape index (κ1) is 31.0. The highest BCUT2D eigenvalue weighted by molar-refractivity contribution is 7.60. The van der Waals surface area contributed by atoms with Gasteiger partial charge in [-0.2, -0.15) is 4.31 Å². The Morgan fingerprint density at radius 3 is 1.78 bits per heavy atom. The molecule has 0 spiro atoms. The molecule has 0 rings (SSSR count). The van der Waals surface area contributed by atoms with E-state index in [0.29, 0.717) is 18.8 Å². The number of phosphoric acid groups is 2. The van der Waals surface area contributed by atoms with E-state index in [-0.39, 0.29) is 0 Å². The summed E-state index contributed by atoms with van der Waals surface area (Å²) in [7, 11) is -10.1. The van der Waals surface area contributed by atoms with E-state index in [1.54, 1.807) is 6.92 Å². The maximum atomic E-state index is 11.6. The Kier molecular flexibility index (Phi) is 15.3. The number of rotatable bonds is 16. The van der Waals surface area contributed by atoms with Gasteiger partial charge >= 0.3 is 15.6 Å². The van der Waals surface area contributed by atoms with E-state index < -0.39 is 22.3 Å². The van der Waals surface area contributed by atoms with Gasteiger partial charge < -0.3 is 19.4 Å². The highest BCUT2D eigenvalue weighted by Crippen LogP contribution is 2.57. The second-order valence-electron chi connectivity index (χ2n) is 7.95. The maximum absolute atomic E-state index is 11.6. The average molecular weight is 495 g/mol. The van der Waals surface area contributed by atoms with Gasteiger partial charge in [-0.05, 0) is 85.6 Å². The third-order valence-electron chi connectivity index (χ3n) is 4.50. The third kappa shape index (κ3) is 17.6. The van der Waals surface area contributed by atoms with Crippen LogP contribution in [-0.4, -0.2) is 27.9 Å². The second kappa shape index (κ2) is 15.8. The lowest BCUT2D eigenvalue weighted by Crippen LogP contribution is -2.05. The van der Waals surface area contributed by atoms with Crippen molar-refractivity contribution >= 4 is 15.6 Å². The largest absolute Gasteiger partial charge is 0.496 e. The van der Waals surface area contributed by atoms with Crippen LogP contribution in [0.1, 0.15) is 80.1 Å². The van der Waals surface area contributed by atoms with Crippen molar-refractivity contribution in [1.82, 2.24) is 0 Å². The number of allylic oxidation sites excluding steroid dienone is 7. The zero-order valence-corrected chi connectivity index (χ0v) is 22.0. The van der Waals surface area contributed by atoms with Crippen LogP contribution in [-0.2, 0) is 22.7 Å². The summed E-state index contributed by atoms with van der Waals surface area (Å²) in [4.78, 5) is 26.8. The molecule has 1 atom stereocenters. The lowest BCUT2D eigenvalue weighted by molar-refractivity contribution is 0.141. The average Bonchev–Trinajstić information content (AvgIpc) is 2.62. The highest BCUT2D eigenvalue weighted by atomic mass is 31.3. The van der Waals surface area contributed by atoms with Crippen LogP contribution in [0, 0.1) is 0 Å². The SMILES string of the molecule is CCOC(COP(=O)(O)OP(=O)(O)O)=C(C)CC/C=C(\C)CC/C=C(\C)CCC=C(C)C. The minimum absolute atomic E-state index is 0.319. The number of hydrogen-bond donors (Lipinski definition) is 3. The quantitative estimate of drug-likeness (QED) is 0.123. The molecule has 0 fully saturated rings. The number of phosphoric ester groups is 1. The van der Waals surface area contributed by atoms with Crippen LogP contribution >= 0.6 is 15.6 Å².